The molecule has 0 bridgehead atoms. The van der Waals surface area contributed by atoms with Crippen LogP contribution >= 0.6 is 0 Å². The van der Waals surface area contributed by atoms with E-state index in [1.54, 1.807) is 60.3 Å². The molecule has 1 atom stereocenters. The van der Waals surface area contributed by atoms with Gasteiger partial charge in [-0.2, -0.15) is 10.2 Å². The average molecular weight is 866 g/mol. The third-order valence-corrected chi connectivity index (χ3v) is 12.9. The third-order valence-electron chi connectivity index (χ3n) is 12.9. The van der Waals surface area contributed by atoms with Crippen LogP contribution in [-0.2, 0) is 40.8 Å². The first-order valence-corrected chi connectivity index (χ1v) is 21.6. The molecular weight excluding hydrogens is 817 g/mol. The fourth-order valence-corrected chi connectivity index (χ4v) is 9.71. The first kappa shape index (κ1) is 41.7. The first-order valence-electron chi connectivity index (χ1n) is 21.6. The molecule has 4 aromatic rings. The number of aromatic nitrogens is 4. The Morgan fingerprint density at radius 1 is 0.921 bits per heavy atom. The van der Waals surface area contributed by atoms with Gasteiger partial charge >= 0.3 is 6.03 Å². The minimum atomic E-state index is -2.71. The van der Waals surface area contributed by atoms with Crippen LogP contribution in [0.25, 0.3) is 11.1 Å². The maximum atomic E-state index is 14.7. The quantitative estimate of drug-likeness (QED) is 0.152. The van der Waals surface area contributed by atoms with Crippen molar-refractivity contribution in [1.82, 2.24) is 44.9 Å². The minimum Gasteiger partial charge on any atom is -0.385 e. The number of rotatable bonds is 10. The van der Waals surface area contributed by atoms with E-state index in [1.165, 1.54) is 0 Å². The Morgan fingerprint density at radius 2 is 1.71 bits per heavy atom. The molecule has 2 fully saturated rings. The number of halogens is 2. The smallest absolute Gasteiger partial charge is 0.317 e. The molecule has 7 amide bonds. The second kappa shape index (κ2) is 16.9. The minimum absolute atomic E-state index is 0.000996. The average Bonchev–Trinajstić information content (AvgIpc) is 3.97. The number of nitrogens with one attached hydrogen (secondary N) is 3. The van der Waals surface area contributed by atoms with Crippen molar-refractivity contribution in [3.8, 4) is 11.1 Å². The van der Waals surface area contributed by atoms with Crippen LogP contribution in [0, 0.1) is 0 Å². The molecule has 2 aromatic heterocycles. The molecule has 1 unspecified atom stereocenters. The largest absolute Gasteiger partial charge is 0.385 e. The molecule has 19 heteroatoms. The van der Waals surface area contributed by atoms with Gasteiger partial charge in [0.15, 0.2) is 5.82 Å². The molecule has 0 aliphatic carbocycles. The lowest BCUT2D eigenvalue weighted by Crippen LogP contribution is -2.54. The summed E-state index contributed by atoms with van der Waals surface area (Å²) in [6.07, 6.45) is 5.04. The molecule has 5 aliphatic rings. The number of piperidine rings is 2. The van der Waals surface area contributed by atoms with Crippen molar-refractivity contribution in [2.75, 3.05) is 50.0 Å². The normalized spacial score (nSPS) is 19.0. The van der Waals surface area contributed by atoms with E-state index >= 15 is 0 Å². The summed E-state index contributed by atoms with van der Waals surface area (Å²) in [6, 6.07) is 7.03. The maximum Gasteiger partial charge on any atom is 0.317 e. The molecule has 7 heterocycles. The van der Waals surface area contributed by atoms with Crippen molar-refractivity contribution in [2.24, 2.45) is 7.05 Å². The molecule has 0 radical (unpaired) electrons. The monoisotopic (exact) mass is 865 g/mol. The zero-order chi connectivity index (χ0) is 44.1. The SMILES string of the molecule is CNC(=O)N1CCc2c(c(N3CCCc4cc(-c5cnn(C)c5)c(C(F)F)cc43)nn2C2CCN(C(=O)CCCNc3ccc4c(c3)C(=O)N(C3CCC(=O)NC3=O)C4=O)CC2)C1. The highest BCUT2D eigenvalue weighted by atomic mass is 19.3. The Kier molecular flexibility index (Phi) is 11.2. The van der Waals surface area contributed by atoms with Gasteiger partial charge in [-0.15, -0.1) is 0 Å². The van der Waals surface area contributed by atoms with E-state index in [0.29, 0.717) is 99.7 Å². The predicted molar refractivity (Wildman–Crippen MR) is 225 cm³/mol. The topological polar surface area (TPSA) is 187 Å². The van der Waals surface area contributed by atoms with Crippen molar-refractivity contribution >= 4 is 52.8 Å². The van der Waals surface area contributed by atoms with Gasteiger partial charge in [0.1, 0.15) is 6.04 Å². The van der Waals surface area contributed by atoms with Gasteiger partial charge in [0.2, 0.25) is 17.7 Å². The van der Waals surface area contributed by atoms with Crippen molar-refractivity contribution in [1.29, 1.82) is 0 Å². The Hall–Kier alpha value is -6.66. The van der Waals surface area contributed by atoms with Gasteiger partial charge in [-0.05, 0) is 80.0 Å². The molecule has 5 aliphatic heterocycles. The van der Waals surface area contributed by atoms with Crippen molar-refractivity contribution in [3.05, 3.63) is 76.2 Å². The van der Waals surface area contributed by atoms with Gasteiger partial charge in [-0.25, -0.2) is 13.6 Å². The number of urea groups is 1. The predicted octanol–water partition coefficient (Wildman–Crippen LogP) is 4.46. The Morgan fingerprint density at radius 3 is 2.44 bits per heavy atom. The third kappa shape index (κ3) is 7.77. The van der Waals surface area contributed by atoms with E-state index < -0.39 is 36.1 Å². The summed E-state index contributed by atoms with van der Waals surface area (Å²) in [6.45, 7) is 2.94. The second-order valence-electron chi connectivity index (χ2n) is 16.8. The lowest BCUT2D eigenvalue weighted by Gasteiger charge is -2.34. The number of nitrogens with zero attached hydrogens (tertiary/aromatic N) is 8. The molecule has 330 valence electrons. The van der Waals surface area contributed by atoms with Crippen LogP contribution in [-0.4, -0.2) is 116 Å². The highest BCUT2D eigenvalue weighted by Gasteiger charge is 2.45. The number of likely N-dealkylation sites (tertiary alicyclic amines) is 1. The number of carbonyl (C=O) groups excluding carboxylic acids is 6. The second-order valence-corrected chi connectivity index (χ2v) is 16.8. The van der Waals surface area contributed by atoms with Crippen LogP contribution in [0.1, 0.15) is 101 Å². The van der Waals surface area contributed by atoms with E-state index in [9.17, 15) is 37.5 Å². The van der Waals surface area contributed by atoms with E-state index in [0.717, 1.165) is 34.6 Å². The number of amides is 7. The van der Waals surface area contributed by atoms with Gasteiger partial charge in [-0.1, -0.05) is 0 Å². The molecule has 2 aromatic carbocycles. The summed E-state index contributed by atoms with van der Waals surface area (Å²) in [5.74, 6) is -1.55. The molecule has 9 rings (SSSR count). The van der Waals surface area contributed by atoms with Gasteiger partial charge in [0.05, 0.1) is 29.9 Å². The van der Waals surface area contributed by atoms with Crippen LogP contribution in [0.4, 0.5) is 30.8 Å². The number of imide groups is 2. The van der Waals surface area contributed by atoms with E-state index in [4.69, 9.17) is 5.10 Å². The number of benzene rings is 2. The number of anilines is 3. The van der Waals surface area contributed by atoms with E-state index in [-0.39, 0.29) is 47.5 Å². The summed E-state index contributed by atoms with van der Waals surface area (Å²) in [5, 5.41) is 17.6. The fraction of sp³-hybridized carbons (Fsp3) is 0.455. The van der Waals surface area contributed by atoms with Crippen LogP contribution < -0.4 is 20.9 Å². The first-order chi connectivity index (χ1) is 30.4. The molecule has 0 spiro atoms. The van der Waals surface area contributed by atoms with Crippen LogP contribution in [0.3, 0.4) is 0 Å². The van der Waals surface area contributed by atoms with E-state index in [1.807, 2.05) is 15.9 Å². The van der Waals surface area contributed by atoms with Crippen LogP contribution in [0.2, 0.25) is 0 Å². The fourth-order valence-electron chi connectivity index (χ4n) is 9.71. The highest BCUT2D eigenvalue weighted by molar-refractivity contribution is 6.23. The lowest BCUT2D eigenvalue weighted by atomic mass is 9.92. The van der Waals surface area contributed by atoms with Crippen LogP contribution in [0.5, 0.6) is 0 Å². The lowest BCUT2D eigenvalue weighted by molar-refractivity contribution is -0.136. The van der Waals surface area contributed by atoms with Gasteiger partial charge in [-0.3, -0.25) is 43.6 Å². The Labute approximate surface area is 361 Å². The maximum absolute atomic E-state index is 14.7. The summed E-state index contributed by atoms with van der Waals surface area (Å²) >= 11 is 0. The van der Waals surface area contributed by atoms with E-state index in [2.05, 4.69) is 25.7 Å². The van der Waals surface area contributed by atoms with Gasteiger partial charge in [0, 0.05) is 106 Å². The molecule has 0 saturated carbocycles. The van der Waals surface area contributed by atoms with Gasteiger partial charge in [0.25, 0.3) is 18.2 Å². The number of carbonyl (C=O) groups is 6. The van der Waals surface area contributed by atoms with Crippen molar-refractivity contribution < 1.29 is 37.5 Å². The summed E-state index contributed by atoms with van der Waals surface area (Å²) in [7, 11) is 3.36. The molecule has 63 heavy (non-hydrogen) atoms. The summed E-state index contributed by atoms with van der Waals surface area (Å²) in [4.78, 5) is 83.2. The number of aryl methyl sites for hydroxylation is 2. The standard InChI is InChI=1S/C44H49F2N11O6/c1-47-44(63)54-18-13-34-33(24-54)40(55-15-4-5-25-19-30(26-22-49-52(2)23-26)31(39(45)46)21-36(25)55)51-57(34)28-11-16-53(17-12-28)38(59)6-3-14-48-27-7-8-29-32(20-27)43(62)56(42(29)61)35-9-10-37(58)50-41(35)60/h7-8,19-23,28,35,39,48H,3-6,9-18,24H2,1-2H3,(H,47,63)(H,50,58,60). The summed E-state index contributed by atoms with van der Waals surface area (Å²) in [5.41, 5.74) is 5.58. The molecule has 3 N–H and O–H groups in total. The Bertz CT molecular complexity index is 2530. The number of hydrogen-bond acceptors (Lipinski definition) is 10. The number of fused-ring (bicyclic) bond motifs is 3. The molecular formula is C44H49F2N11O6. The van der Waals surface area contributed by atoms with Crippen LogP contribution in [0.15, 0.2) is 42.7 Å². The molecule has 17 nitrogen and oxygen atoms in total. The van der Waals surface area contributed by atoms with Gasteiger partial charge < -0.3 is 25.3 Å². The van der Waals surface area contributed by atoms with Crippen molar-refractivity contribution in [3.63, 3.8) is 0 Å². The highest BCUT2D eigenvalue weighted by Crippen LogP contribution is 2.44. The molecule has 2 saturated heterocycles. The number of hydrogen-bond donors (Lipinski definition) is 3. The summed E-state index contributed by atoms with van der Waals surface area (Å²) < 4.78 is 33.1. The zero-order valence-corrected chi connectivity index (χ0v) is 35.2. The Balaban J connectivity index is 0.854. The van der Waals surface area contributed by atoms with Crippen molar-refractivity contribution in [2.45, 2.75) is 82.8 Å². The number of alkyl halides is 2. The zero-order valence-electron chi connectivity index (χ0n) is 35.2.